The van der Waals surface area contributed by atoms with Gasteiger partial charge in [0, 0.05) is 16.4 Å². The monoisotopic (exact) mass is 366 g/mol. The highest BCUT2D eigenvalue weighted by Crippen LogP contribution is 2.29. The summed E-state index contributed by atoms with van der Waals surface area (Å²) in [6, 6.07) is 5.30. The van der Waals surface area contributed by atoms with E-state index in [0.717, 1.165) is 24.0 Å². The molecule has 0 N–H and O–H groups in total. The summed E-state index contributed by atoms with van der Waals surface area (Å²) in [5.41, 5.74) is -0.634. The molecule has 0 saturated heterocycles. The zero-order valence-electron chi connectivity index (χ0n) is 9.79. The molecule has 20 heavy (non-hydrogen) atoms. The van der Waals surface area contributed by atoms with Crippen LogP contribution in [0.3, 0.4) is 0 Å². The first-order chi connectivity index (χ1) is 9.36. The highest BCUT2D eigenvalue weighted by atomic mass is 79.9. The number of rotatable bonds is 3. The number of hydrogen-bond acceptors (Lipinski definition) is 3. The average molecular weight is 367 g/mol. The maximum Gasteiger partial charge on any atom is 0.433 e. The number of nitrogens with zero attached hydrogens (tertiary/aromatic N) is 2. The Morgan fingerprint density at radius 2 is 1.95 bits per heavy atom. The lowest BCUT2D eigenvalue weighted by Crippen LogP contribution is -2.08. The van der Waals surface area contributed by atoms with Crippen molar-refractivity contribution >= 4 is 27.7 Å². The van der Waals surface area contributed by atoms with Crippen molar-refractivity contribution in [1.82, 2.24) is 9.97 Å². The second-order valence-corrected chi connectivity index (χ2v) is 5.60. The van der Waals surface area contributed by atoms with Crippen LogP contribution >= 0.6 is 27.7 Å². The van der Waals surface area contributed by atoms with E-state index in [1.165, 1.54) is 6.07 Å². The lowest BCUT2D eigenvalue weighted by Gasteiger charge is -2.07. The van der Waals surface area contributed by atoms with Gasteiger partial charge in [-0.15, -0.1) is 0 Å². The normalized spacial score (nSPS) is 11.7. The molecule has 0 aliphatic rings. The van der Waals surface area contributed by atoms with Gasteiger partial charge in [0.2, 0.25) is 0 Å². The molecule has 8 heteroatoms. The molecule has 2 rings (SSSR count). The van der Waals surface area contributed by atoms with E-state index in [1.807, 2.05) is 0 Å². The Kier molecular flexibility index (Phi) is 4.64. The van der Waals surface area contributed by atoms with Gasteiger partial charge in [0.1, 0.15) is 11.5 Å². The largest absolute Gasteiger partial charge is 0.433 e. The number of aromatic nitrogens is 2. The SMILES string of the molecule is Fc1cc(Br)ccc1CSc1nccc(C(F)(F)F)n1. The molecule has 1 heterocycles. The second-order valence-electron chi connectivity index (χ2n) is 3.75. The van der Waals surface area contributed by atoms with Gasteiger partial charge in [0.15, 0.2) is 5.16 Å². The summed E-state index contributed by atoms with van der Waals surface area (Å²) < 4.78 is 51.6. The van der Waals surface area contributed by atoms with E-state index in [-0.39, 0.29) is 10.9 Å². The zero-order valence-corrected chi connectivity index (χ0v) is 12.2. The third-order valence-electron chi connectivity index (χ3n) is 2.30. The average Bonchev–Trinajstić information content (AvgIpc) is 2.37. The van der Waals surface area contributed by atoms with Gasteiger partial charge in [-0.2, -0.15) is 13.2 Å². The first-order valence-corrected chi connectivity index (χ1v) is 7.11. The van der Waals surface area contributed by atoms with Crippen molar-refractivity contribution in [3.05, 3.63) is 52.0 Å². The van der Waals surface area contributed by atoms with E-state index < -0.39 is 17.7 Å². The van der Waals surface area contributed by atoms with E-state index >= 15 is 0 Å². The van der Waals surface area contributed by atoms with Crippen LogP contribution in [0.4, 0.5) is 17.6 Å². The third kappa shape index (κ3) is 3.92. The third-order valence-corrected chi connectivity index (χ3v) is 3.70. The van der Waals surface area contributed by atoms with E-state index in [0.29, 0.717) is 10.0 Å². The molecule has 0 bridgehead atoms. The molecule has 0 amide bonds. The molecule has 1 aromatic carbocycles. The topological polar surface area (TPSA) is 25.8 Å². The van der Waals surface area contributed by atoms with Crippen LogP contribution in [0.25, 0.3) is 0 Å². The predicted octanol–water partition coefficient (Wildman–Crippen LogP) is 4.69. The number of hydrogen-bond donors (Lipinski definition) is 0. The molecule has 2 nitrogen and oxygen atoms in total. The van der Waals surface area contributed by atoms with Crippen LogP contribution < -0.4 is 0 Å². The molecule has 0 saturated carbocycles. The fraction of sp³-hybridized carbons (Fsp3) is 0.167. The van der Waals surface area contributed by atoms with E-state index in [9.17, 15) is 17.6 Å². The maximum atomic E-state index is 13.6. The van der Waals surface area contributed by atoms with Crippen molar-refractivity contribution in [2.45, 2.75) is 17.1 Å². The van der Waals surface area contributed by atoms with Crippen molar-refractivity contribution in [3.8, 4) is 0 Å². The summed E-state index contributed by atoms with van der Waals surface area (Å²) in [6.07, 6.45) is -3.47. The summed E-state index contributed by atoms with van der Waals surface area (Å²) in [5.74, 6) is -0.278. The van der Waals surface area contributed by atoms with Crippen molar-refractivity contribution in [3.63, 3.8) is 0 Å². The molecule has 0 unspecified atom stereocenters. The summed E-state index contributed by atoms with van der Waals surface area (Å²) in [7, 11) is 0. The standard InChI is InChI=1S/C12H7BrF4N2S/c13-8-2-1-7(9(14)5-8)6-20-11-18-4-3-10(19-11)12(15,16)17/h1-5H,6H2. The van der Waals surface area contributed by atoms with E-state index in [1.54, 1.807) is 12.1 Å². The fourth-order valence-electron chi connectivity index (χ4n) is 1.35. The van der Waals surface area contributed by atoms with Gasteiger partial charge >= 0.3 is 6.18 Å². The molecule has 106 valence electrons. The minimum atomic E-state index is -4.51. The van der Waals surface area contributed by atoms with Crippen LogP contribution in [0.1, 0.15) is 11.3 Å². The first-order valence-electron chi connectivity index (χ1n) is 5.33. The number of halogens is 5. The van der Waals surface area contributed by atoms with Crippen LogP contribution in [-0.2, 0) is 11.9 Å². The van der Waals surface area contributed by atoms with Gasteiger partial charge in [0.25, 0.3) is 0 Å². The molecule has 0 spiro atoms. The molecule has 0 aliphatic heterocycles. The Hall–Kier alpha value is -1.15. The number of benzene rings is 1. The molecule has 1 aromatic heterocycles. The van der Waals surface area contributed by atoms with Crippen LogP contribution in [0.15, 0.2) is 40.1 Å². The molecular formula is C12H7BrF4N2S. The summed E-state index contributed by atoms with van der Waals surface area (Å²) in [5, 5.41) is -0.0397. The van der Waals surface area contributed by atoms with Crippen molar-refractivity contribution in [2.75, 3.05) is 0 Å². The molecule has 0 fully saturated rings. The van der Waals surface area contributed by atoms with Gasteiger partial charge in [-0.3, -0.25) is 0 Å². The quantitative estimate of drug-likeness (QED) is 0.447. The van der Waals surface area contributed by atoms with Gasteiger partial charge in [-0.05, 0) is 23.8 Å². The van der Waals surface area contributed by atoms with Gasteiger partial charge in [-0.25, -0.2) is 14.4 Å². The van der Waals surface area contributed by atoms with Crippen LogP contribution in [0.5, 0.6) is 0 Å². The molecule has 2 aromatic rings. The molecule has 0 radical (unpaired) electrons. The highest BCUT2D eigenvalue weighted by Gasteiger charge is 2.32. The minimum absolute atomic E-state index is 0.0397. The van der Waals surface area contributed by atoms with Crippen molar-refractivity contribution < 1.29 is 17.6 Å². The lowest BCUT2D eigenvalue weighted by atomic mass is 10.2. The predicted molar refractivity (Wildman–Crippen MR) is 70.7 cm³/mol. The first kappa shape index (κ1) is 15.2. The summed E-state index contributed by atoms with van der Waals surface area (Å²) in [4.78, 5) is 7.14. The second kappa shape index (κ2) is 6.09. The smallest absolute Gasteiger partial charge is 0.231 e. The molecular weight excluding hydrogens is 360 g/mol. The van der Waals surface area contributed by atoms with Gasteiger partial charge < -0.3 is 0 Å². The van der Waals surface area contributed by atoms with Crippen LogP contribution in [0.2, 0.25) is 0 Å². The summed E-state index contributed by atoms with van der Waals surface area (Å²) in [6.45, 7) is 0. The van der Waals surface area contributed by atoms with Crippen LogP contribution in [0, 0.1) is 5.82 Å². The summed E-state index contributed by atoms with van der Waals surface area (Å²) >= 11 is 4.07. The van der Waals surface area contributed by atoms with Crippen LogP contribution in [-0.4, -0.2) is 9.97 Å². The zero-order chi connectivity index (χ0) is 14.8. The van der Waals surface area contributed by atoms with E-state index in [2.05, 4.69) is 25.9 Å². The Morgan fingerprint density at radius 1 is 1.20 bits per heavy atom. The molecule has 0 atom stereocenters. The fourth-order valence-corrected chi connectivity index (χ4v) is 2.50. The number of alkyl halides is 3. The van der Waals surface area contributed by atoms with Crippen molar-refractivity contribution in [2.24, 2.45) is 0 Å². The van der Waals surface area contributed by atoms with Gasteiger partial charge in [0.05, 0.1) is 0 Å². The Balaban J connectivity index is 2.11. The number of thioether (sulfide) groups is 1. The van der Waals surface area contributed by atoms with Gasteiger partial charge in [-0.1, -0.05) is 33.8 Å². The van der Waals surface area contributed by atoms with E-state index in [4.69, 9.17) is 0 Å². The van der Waals surface area contributed by atoms with Crippen molar-refractivity contribution in [1.29, 1.82) is 0 Å². The minimum Gasteiger partial charge on any atom is -0.231 e. The Morgan fingerprint density at radius 3 is 2.60 bits per heavy atom. The lowest BCUT2D eigenvalue weighted by molar-refractivity contribution is -0.141. The Bertz CT molecular complexity index is 619. The highest BCUT2D eigenvalue weighted by molar-refractivity contribution is 9.10. The maximum absolute atomic E-state index is 13.6. The Labute approximate surface area is 124 Å². The molecule has 0 aliphatic carbocycles.